The van der Waals surface area contributed by atoms with E-state index in [9.17, 15) is 4.79 Å². The fourth-order valence-electron chi connectivity index (χ4n) is 1.69. The van der Waals surface area contributed by atoms with Crippen molar-refractivity contribution in [3.63, 3.8) is 0 Å². The van der Waals surface area contributed by atoms with Crippen LogP contribution in [0.3, 0.4) is 0 Å². The third kappa shape index (κ3) is 5.23. The van der Waals surface area contributed by atoms with E-state index in [4.69, 9.17) is 23.2 Å². The van der Waals surface area contributed by atoms with Gasteiger partial charge in [0.05, 0.1) is 5.69 Å². The van der Waals surface area contributed by atoms with Crippen LogP contribution in [0, 0.1) is 0 Å². The molecule has 0 aliphatic rings. The Hall–Kier alpha value is -0.620. The van der Waals surface area contributed by atoms with Crippen LogP contribution < -0.4 is 5.56 Å². The van der Waals surface area contributed by atoms with Crippen molar-refractivity contribution in [1.29, 1.82) is 0 Å². The lowest BCUT2D eigenvalue weighted by Gasteiger charge is -2.08. The minimum atomic E-state index is -0.137. The highest BCUT2D eigenvalue weighted by Crippen LogP contribution is 2.30. The van der Waals surface area contributed by atoms with Gasteiger partial charge in [-0.2, -0.15) is 11.8 Å². The summed E-state index contributed by atoms with van der Waals surface area (Å²) < 4.78 is 0. The average Bonchev–Trinajstić information content (AvgIpc) is 2.44. The van der Waals surface area contributed by atoms with E-state index in [1.54, 1.807) is 30.0 Å². The zero-order valence-electron chi connectivity index (χ0n) is 12.2. The van der Waals surface area contributed by atoms with Crippen LogP contribution in [0.5, 0.6) is 0 Å². The van der Waals surface area contributed by atoms with Crippen molar-refractivity contribution in [2.45, 2.75) is 35.8 Å². The molecule has 3 nitrogen and oxygen atoms in total. The molecular weight excluding hydrogens is 359 g/mol. The number of nitrogens with zero attached hydrogens (tertiary/aromatic N) is 1. The molecule has 0 unspecified atom stereocenters. The van der Waals surface area contributed by atoms with Gasteiger partial charge in [-0.25, -0.2) is 4.98 Å². The van der Waals surface area contributed by atoms with E-state index in [2.05, 4.69) is 23.8 Å². The first-order valence-electron chi connectivity index (χ1n) is 6.73. The number of H-pyrrole nitrogens is 1. The number of aromatic amines is 1. The first-order valence-corrected chi connectivity index (χ1v) is 9.52. The number of nitrogens with one attached hydrogen (secondary N) is 1. The predicted molar refractivity (Wildman–Crippen MR) is 97.3 cm³/mol. The molecule has 0 amide bonds. The van der Waals surface area contributed by atoms with E-state index in [0.29, 0.717) is 26.2 Å². The summed E-state index contributed by atoms with van der Waals surface area (Å²) in [5.41, 5.74) is 1.50. The molecule has 0 radical (unpaired) electrons. The quantitative estimate of drug-likeness (QED) is 0.569. The number of hydrogen-bond donors (Lipinski definition) is 1. The van der Waals surface area contributed by atoms with Crippen molar-refractivity contribution in [3.8, 4) is 0 Å². The first-order chi connectivity index (χ1) is 10.5. The highest BCUT2D eigenvalue weighted by Gasteiger charge is 2.08. The van der Waals surface area contributed by atoms with Crippen LogP contribution in [-0.4, -0.2) is 15.2 Å². The summed E-state index contributed by atoms with van der Waals surface area (Å²) in [6.07, 6.45) is 0. The summed E-state index contributed by atoms with van der Waals surface area (Å²) in [5.74, 6) is 1.28. The van der Waals surface area contributed by atoms with Crippen LogP contribution in [0.15, 0.2) is 34.2 Å². The van der Waals surface area contributed by atoms with Crippen LogP contribution in [0.1, 0.15) is 25.1 Å². The maximum absolute atomic E-state index is 11.7. The normalized spacial score (nSPS) is 11.1. The van der Waals surface area contributed by atoms with Crippen LogP contribution >= 0.6 is 46.7 Å². The standard InChI is InChI=1S/C15H16Cl2N2OS2/c1-9(2)21-7-10-6-14(20)19-15(18-10)22-8-11-12(16)4-3-5-13(11)17/h3-6,9H,7-8H2,1-2H3,(H,18,19,20). The fraction of sp³-hybridized carbons (Fsp3) is 0.333. The number of halogens is 2. The minimum absolute atomic E-state index is 0.137. The lowest BCUT2D eigenvalue weighted by Crippen LogP contribution is -2.10. The SMILES string of the molecule is CC(C)SCc1cc(=O)[nH]c(SCc2c(Cl)cccc2Cl)n1. The molecule has 0 saturated heterocycles. The predicted octanol–water partition coefficient (Wildman–Crippen LogP) is 5.01. The zero-order valence-corrected chi connectivity index (χ0v) is 15.4. The van der Waals surface area contributed by atoms with E-state index < -0.39 is 0 Å². The third-order valence-electron chi connectivity index (χ3n) is 2.75. The molecular formula is C15H16Cl2N2OS2. The molecule has 0 saturated carbocycles. The molecule has 118 valence electrons. The van der Waals surface area contributed by atoms with Crippen molar-refractivity contribution in [2.75, 3.05) is 0 Å². The Bertz CT molecular complexity index is 684. The molecule has 0 spiro atoms. The van der Waals surface area contributed by atoms with Crippen molar-refractivity contribution in [3.05, 3.63) is 55.9 Å². The largest absolute Gasteiger partial charge is 0.301 e. The van der Waals surface area contributed by atoms with E-state index in [0.717, 1.165) is 17.0 Å². The topological polar surface area (TPSA) is 45.8 Å². The van der Waals surface area contributed by atoms with E-state index in [1.165, 1.54) is 11.8 Å². The molecule has 7 heteroatoms. The van der Waals surface area contributed by atoms with Gasteiger partial charge >= 0.3 is 0 Å². The lowest BCUT2D eigenvalue weighted by molar-refractivity contribution is 0.898. The van der Waals surface area contributed by atoms with Gasteiger partial charge in [0.2, 0.25) is 0 Å². The second-order valence-electron chi connectivity index (χ2n) is 4.89. The van der Waals surface area contributed by atoms with Crippen LogP contribution in [0.2, 0.25) is 10.0 Å². The molecule has 0 atom stereocenters. The Kier molecular flexibility index (Phi) is 6.68. The smallest absolute Gasteiger partial charge is 0.251 e. The summed E-state index contributed by atoms with van der Waals surface area (Å²) in [6.45, 7) is 4.24. The minimum Gasteiger partial charge on any atom is -0.301 e. The number of benzene rings is 1. The lowest BCUT2D eigenvalue weighted by atomic mass is 10.2. The second kappa shape index (κ2) is 8.29. The Morgan fingerprint density at radius 1 is 1.23 bits per heavy atom. The monoisotopic (exact) mass is 374 g/mol. The van der Waals surface area contributed by atoms with Gasteiger partial charge in [-0.15, -0.1) is 0 Å². The van der Waals surface area contributed by atoms with E-state index in [1.807, 2.05) is 6.07 Å². The van der Waals surface area contributed by atoms with Gasteiger partial charge in [-0.1, -0.05) is 54.9 Å². The molecule has 0 aliphatic carbocycles. The van der Waals surface area contributed by atoms with Gasteiger partial charge in [-0.3, -0.25) is 4.79 Å². The van der Waals surface area contributed by atoms with Crippen molar-refractivity contribution < 1.29 is 0 Å². The van der Waals surface area contributed by atoms with Gasteiger partial charge in [0, 0.05) is 27.6 Å². The third-order valence-corrected chi connectivity index (χ3v) is 5.49. The van der Waals surface area contributed by atoms with Crippen LogP contribution in [0.25, 0.3) is 0 Å². The average molecular weight is 375 g/mol. The number of hydrogen-bond acceptors (Lipinski definition) is 4. The summed E-state index contributed by atoms with van der Waals surface area (Å²) in [6, 6.07) is 6.95. The van der Waals surface area contributed by atoms with Gasteiger partial charge < -0.3 is 4.98 Å². The van der Waals surface area contributed by atoms with Crippen molar-refractivity contribution in [1.82, 2.24) is 9.97 Å². The van der Waals surface area contributed by atoms with Gasteiger partial charge in [-0.05, 0) is 22.9 Å². The van der Waals surface area contributed by atoms with Crippen LogP contribution in [0.4, 0.5) is 0 Å². The molecule has 1 N–H and O–H groups in total. The van der Waals surface area contributed by atoms with Crippen molar-refractivity contribution in [2.24, 2.45) is 0 Å². The zero-order chi connectivity index (χ0) is 16.1. The summed E-state index contributed by atoms with van der Waals surface area (Å²) >= 11 is 15.5. The summed E-state index contributed by atoms with van der Waals surface area (Å²) in [5, 5.41) is 2.32. The summed E-state index contributed by atoms with van der Waals surface area (Å²) in [7, 11) is 0. The Morgan fingerprint density at radius 3 is 2.55 bits per heavy atom. The van der Waals surface area contributed by atoms with Gasteiger partial charge in [0.15, 0.2) is 5.16 Å². The molecule has 2 rings (SSSR count). The Balaban J connectivity index is 2.11. The molecule has 22 heavy (non-hydrogen) atoms. The molecule has 0 aliphatic heterocycles. The fourth-order valence-corrected chi connectivity index (χ4v) is 3.98. The maximum Gasteiger partial charge on any atom is 0.251 e. The van der Waals surface area contributed by atoms with E-state index in [-0.39, 0.29) is 5.56 Å². The number of rotatable bonds is 6. The second-order valence-corrected chi connectivity index (χ2v) is 8.23. The summed E-state index contributed by atoms with van der Waals surface area (Å²) in [4.78, 5) is 19.0. The van der Waals surface area contributed by atoms with Crippen molar-refractivity contribution >= 4 is 46.7 Å². The highest BCUT2D eigenvalue weighted by atomic mass is 35.5. The first kappa shape index (κ1) is 17.7. The molecule has 1 aromatic heterocycles. The Labute approximate surface area is 148 Å². The van der Waals surface area contributed by atoms with Gasteiger partial charge in [0.25, 0.3) is 5.56 Å². The molecule has 2 aromatic rings. The molecule has 0 bridgehead atoms. The molecule has 1 heterocycles. The maximum atomic E-state index is 11.7. The van der Waals surface area contributed by atoms with Gasteiger partial charge in [0.1, 0.15) is 0 Å². The highest BCUT2D eigenvalue weighted by molar-refractivity contribution is 7.99. The number of thioether (sulfide) groups is 2. The molecule has 1 aromatic carbocycles. The van der Waals surface area contributed by atoms with E-state index >= 15 is 0 Å². The Morgan fingerprint density at radius 2 is 1.91 bits per heavy atom. The van der Waals surface area contributed by atoms with Crippen LogP contribution in [-0.2, 0) is 11.5 Å². The number of aromatic nitrogens is 2. The molecule has 0 fully saturated rings.